The van der Waals surface area contributed by atoms with E-state index >= 15 is 0 Å². The van der Waals surface area contributed by atoms with E-state index in [9.17, 15) is 17.2 Å². The van der Waals surface area contributed by atoms with Crippen LogP contribution < -0.4 is 10.6 Å². The predicted molar refractivity (Wildman–Crippen MR) is 130 cm³/mol. The van der Waals surface area contributed by atoms with Gasteiger partial charge in [-0.05, 0) is 60.7 Å². The number of sulfone groups is 1. The molecule has 1 fully saturated rings. The van der Waals surface area contributed by atoms with Crippen molar-refractivity contribution in [1.82, 2.24) is 10.6 Å². The predicted octanol–water partition coefficient (Wildman–Crippen LogP) is 3.91. The monoisotopic (exact) mass is 563 g/mol. The maximum Gasteiger partial charge on any atom is 0.191 e. The van der Waals surface area contributed by atoms with Gasteiger partial charge in [0.05, 0.1) is 12.3 Å². The fourth-order valence-electron chi connectivity index (χ4n) is 3.46. The van der Waals surface area contributed by atoms with Gasteiger partial charge in [0, 0.05) is 24.8 Å². The fourth-order valence-corrected chi connectivity index (χ4v) is 4.31. The van der Waals surface area contributed by atoms with Crippen molar-refractivity contribution in [2.24, 2.45) is 4.99 Å². The Bertz CT molecular complexity index is 1040. The lowest BCUT2D eigenvalue weighted by molar-refractivity contribution is 0.600. The highest BCUT2D eigenvalue weighted by atomic mass is 127. The summed E-state index contributed by atoms with van der Waals surface area (Å²) in [5, 5.41) is 6.45. The first kappa shape index (κ1) is 25.5. The Morgan fingerprint density at radius 1 is 1.06 bits per heavy atom. The molecule has 170 valence electrons. The number of hydrogen-bond donors (Lipinski definition) is 2. The third-order valence-corrected chi connectivity index (χ3v) is 6.06. The van der Waals surface area contributed by atoms with Crippen LogP contribution in [0.3, 0.4) is 0 Å². The number of guanidine groups is 1. The van der Waals surface area contributed by atoms with E-state index in [0.717, 1.165) is 24.7 Å². The first-order valence-electron chi connectivity index (χ1n) is 9.94. The SMILES string of the molecule is CCNC(=NCc1cc(F)ccc1CS(C)(=O)=O)NCC1(c2cccc(F)c2)CC1.I. The topological polar surface area (TPSA) is 70.6 Å². The Balaban J connectivity index is 0.00000341. The minimum absolute atomic E-state index is 0. The number of hydrogen-bond acceptors (Lipinski definition) is 3. The summed E-state index contributed by atoms with van der Waals surface area (Å²) in [6.07, 6.45) is 3.08. The Labute approximate surface area is 199 Å². The Morgan fingerprint density at radius 3 is 2.39 bits per heavy atom. The van der Waals surface area contributed by atoms with Crippen LogP contribution in [0, 0.1) is 11.6 Å². The molecular weight excluding hydrogens is 535 g/mol. The molecule has 0 amide bonds. The summed E-state index contributed by atoms with van der Waals surface area (Å²) in [4.78, 5) is 4.52. The van der Waals surface area contributed by atoms with Gasteiger partial charge in [0.2, 0.25) is 0 Å². The normalized spacial score (nSPS) is 15.2. The van der Waals surface area contributed by atoms with Crippen molar-refractivity contribution in [1.29, 1.82) is 0 Å². The van der Waals surface area contributed by atoms with Crippen molar-refractivity contribution in [3.63, 3.8) is 0 Å². The lowest BCUT2D eigenvalue weighted by atomic mass is 9.96. The van der Waals surface area contributed by atoms with Crippen LogP contribution in [-0.2, 0) is 27.5 Å². The van der Waals surface area contributed by atoms with Gasteiger partial charge in [-0.25, -0.2) is 22.2 Å². The minimum atomic E-state index is -3.25. The second-order valence-electron chi connectivity index (χ2n) is 7.82. The molecule has 2 aromatic carbocycles. The van der Waals surface area contributed by atoms with Crippen molar-refractivity contribution in [2.45, 2.75) is 37.5 Å². The third-order valence-electron chi connectivity index (χ3n) is 5.22. The van der Waals surface area contributed by atoms with E-state index in [1.165, 1.54) is 24.3 Å². The first-order chi connectivity index (χ1) is 14.2. The zero-order valence-corrected chi connectivity index (χ0v) is 20.8. The summed E-state index contributed by atoms with van der Waals surface area (Å²) in [6.45, 7) is 3.32. The number of nitrogens with one attached hydrogen (secondary N) is 2. The molecule has 2 N–H and O–H groups in total. The van der Waals surface area contributed by atoms with Crippen molar-refractivity contribution in [3.05, 3.63) is 70.8 Å². The zero-order chi connectivity index (χ0) is 21.8. The van der Waals surface area contributed by atoms with E-state index in [1.54, 1.807) is 12.1 Å². The standard InChI is InChI=1S/C22H27F2N3O2S.HI/c1-3-25-21(27-15-22(9-10-22)18-5-4-6-19(23)12-18)26-13-17-11-20(24)8-7-16(17)14-30(2,28)29;/h4-8,11-12H,3,9-10,13-15H2,1-2H3,(H2,25,26,27);1H. The van der Waals surface area contributed by atoms with E-state index in [0.29, 0.717) is 30.2 Å². The minimum Gasteiger partial charge on any atom is -0.357 e. The van der Waals surface area contributed by atoms with Gasteiger partial charge in [-0.2, -0.15) is 0 Å². The third kappa shape index (κ3) is 7.41. The lowest BCUT2D eigenvalue weighted by Gasteiger charge is -2.19. The van der Waals surface area contributed by atoms with E-state index in [2.05, 4.69) is 15.6 Å². The summed E-state index contributed by atoms with van der Waals surface area (Å²) >= 11 is 0. The summed E-state index contributed by atoms with van der Waals surface area (Å²) in [5.41, 5.74) is 1.92. The molecule has 2 aromatic rings. The van der Waals surface area contributed by atoms with Crippen LogP contribution in [0.1, 0.15) is 36.5 Å². The molecule has 0 heterocycles. The van der Waals surface area contributed by atoms with Gasteiger partial charge in [-0.1, -0.05) is 18.2 Å². The van der Waals surface area contributed by atoms with Crippen molar-refractivity contribution in [3.8, 4) is 0 Å². The Kier molecular flexibility index (Phi) is 8.82. The van der Waals surface area contributed by atoms with Gasteiger partial charge < -0.3 is 10.6 Å². The van der Waals surface area contributed by atoms with Crippen molar-refractivity contribution >= 4 is 39.8 Å². The molecule has 1 aliphatic carbocycles. The lowest BCUT2D eigenvalue weighted by Crippen LogP contribution is -2.41. The van der Waals surface area contributed by atoms with Crippen LogP contribution in [-0.4, -0.2) is 33.7 Å². The van der Waals surface area contributed by atoms with Crippen LogP contribution in [0.15, 0.2) is 47.5 Å². The van der Waals surface area contributed by atoms with E-state index < -0.39 is 15.7 Å². The molecule has 0 aliphatic heterocycles. The molecule has 0 radical (unpaired) electrons. The number of nitrogens with zero attached hydrogens (tertiary/aromatic N) is 1. The van der Waals surface area contributed by atoms with Crippen LogP contribution in [0.2, 0.25) is 0 Å². The van der Waals surface area contributed by atoms with Crippen LogP contribution in [0.4, 0.5) is 8.78 Å². The molecule has 1 saturated carbocycles. The average molecular weight is 563 g/mol. The molecule has 5 nitrogen and oxygen atoms in total. The van der Waals surface area contributed by atoms with Crippen LogP contribution in [0.25, 0.3) is 0 Å². The molecule has 0 saturated heterocycles. The molecular formula is C22H28F2IN3O2S. The molecule has 0 aromatic heterocycles. The number of benzene rings is 2. The second kappa shape index (κ2) is 10.7. The molecule has 9 heteroatoms. The van der Waals surface area contributed by atoms with E-state index in [1.807, 2.05) is 13.0 Å². The molecule has 0 bridgehead atoms. The van der Waals surface area contributed by atoms with Gasteiger partial charge >= 0.3 is 0 Å². The van der Waals surface area contributed by atoms with E-state index in [-0.39, 0.29) is 47.5 Å². The van der Waals surface area contributed by atoms with Crippen molar-refractivity contribution in [2.75, 3.05) is 19.3 Å². The average Bonchev–Trinajstić information content (AvgIpc) is 3.46. The summed E-state index contributed by atoms with van der Waals surface area (Å²) < 4.78 is 50.7. The summed E-state index contributed by atoms with van der Waals surface area (Å²) in [6, 6.07) is 10.7. The van der Waals surface area contributed by atoms with E-state index in [4.69, 9.17) is 0 Å². The highest BCUT2D eigenvalue weighted by Gasteiger charge is 2.44. The summed E-state index contributed by atoms with van der Waals surface area (Å²) in [5.74, 6) is -0.290. The largest absolute Gasteiger partial charge is 0.357 e. The molecule has 1 aliphatic rings. The van der Waals surface area contributed by atoms with Gasteiger partial charge in [0.1, 0.15) is 11.6 Å². The highest BCUT2D eigenvalue weighted by Crippen LogP contribution is 2.47. The molecule has 31 heavy (non-hydrogen) atoms. The molecule has 0 unspecified atom stereocenters. The Hall–Kier alpha value is -1.75. The molecule has 0 spiro atoms. The molecule has 0 atom stereocenters. The second-order valence-corrected chi connectivity index (χ2v) is 9.96. The van der Waals surface area contributed by atoms with Crippen LogP contribution >= 0.6 is 24.0 Å². The van der Waals surface area contributed by atoms with Gasteiger partial charge in [0.15, 0.2) is 15.8 Å². The summed E-state index contributed by atoms with van der Waals surface area (Å²) in [7, 11) is -3.25. The zero-order valence-electron chi connectivity index (χ0n) is 17.6. The fraction of sp³-hybridized carbons (Fsp3) is 0.409. The smallest absolute Gasteiger partial charge is 0.191 e. The number of aliphatic imine (C=N–C) groups is 1. The van der Waals surface area contributed by atoms with Crippen molar-refractivity contribution < 1.29 is 17.2 Å². The number of rotatable bonds is 8. The maximum atomic E-state index is 13.7. The van der Waals surface area contributed by atoms with Gasteiger partial charge in [-0.15, -0.1) is 24.0 Å². The van der Waals surface area contributed by atoms with Gasteiger partial charge in [-0.3, -0.25) is 0 Å². The molecule has 3 rings (SSSR count). The maximum absolute atomic E-state index is 13.7. The number of halogens is 3. The quantitative estimate of drug-likeness (QED) is 0.291. The highest BCUT2D eigenvalue weighted by molar-refractivity contribution is 14.0. The first-order valence-corrected chi connectivity index (χ1v) is 12.0. The van der Waals surface area contributed by atoms with Gasteiger partial charge in [0.25, 0.3) is 0 Å². The Morgan fingerprint density at radius 2 is 1.77 bits per heavy atom. The van der Waals surface area contributed by atoms with Crippen LogP contribution in [0.5, 0.6) is 0 Å².